The number of nitrogens with zero attached hydrogens (tertiary/aromatic N) is 3. The monoisotopic (exact) mass is 271 g/mol. The lowest BCUT2D eigenvalue weighted by Gasteiger charge is -2.12. The van der Waals surface area contributed by atoms with Crippen LogP contribution in [-0.2, 0) is 7.05 Å². The average Bonchev–Trinajstić information content (AvgIpc) is 2.94. The molecule has 1 aromatic heterocycles. The third-order valence-corrected chi connectivity index (χ3v) is 3.62. The number of aromatic nitrogens is 2. The highest BCUT2D eigenvalue weighted by atomic mass is 19.1. The molecule has 3 rings (SSSR count). The number of rotatable bonds is 3. The summed E-state index contributed by atoms with van der Waals surface area (Å²) in [6.07, 6.45) is 2.68. The van der Waals surface area contributed by atoms with Crippen LogP contribution >= 0.6 is 0 Å². The summed E-state index contributed by atoms with van der Waals surface area (Å²) in [6, 6.07) is 6.61. The van der Waals surface area contributed by atoms with E-state index in [1.165, 1.54) is 12.1 Å². The summed E-state index contributed by atoms with van der Waals surface area (Å²) in [5, 5.41) is 13.4. The van der Waals surface area contributed by atoms with Gasteiger partial charge in [-0.15, -0.1) is 0 Å². The van der Waals surface area contributed by atoms with Crippen LogP contribution in [0.15, 0.2) is 24.4 Å². The summed E-state index contributed by atoms with van der Waals surface area (Å²) >= 11 is 0. The standard InChI is InChI=1S/C15H14FN3O/c1-9-7-14(9)20-13-4-3-11(16)15(10(13)8-17)12-5-6-18-19(12)2/h3-6,9,14H,7H2,1-2H3. The van der Waals surface area contributed by atoms with Crippen LogP contribution < -0.4 is 4.74 Å². The molecule has 1 aliphatic rings. The Balaban J connectivity index is 2.11. The molecule has 20 heavy (non-hydrogen) atoms. The van der Waals surface area contributed by atoms with Gasteiger partial charge in [0.15, 0.2) is 0 Å². The van der Waals surface area contributed by atoms with Crippen molar-refractivity contribution in [3.8, 4) is 23.1 Å². The minimum absolute atomic E-state index is 0.131. The third-order valence-electron chi connectivity index (χ3n) is 3.62. The molecule has 0 amide bonds. The predicted octanol–water partition coefficient (Wildman–Crippen LogP) is 2.89. The second-order valence-electron chi connectivity index (χ2n) is 5.12. The Labute approximate surface area is 116 Å². The fraction of sp³-hybridized carbons (Fsp3) is 0.333. The molecule has 0 saturated heterocycles. The molecule has 102 valence electrons. The fourth-order valence-electron chi connectivity index (χ4n) is 2.25. The van der Waals surface area contributed by atoms with Crippen molar-refractivity contribution in [1.82, 2.24) is 9.78 Å². The van der Waals surface area contributed by atoms with Gasteiger partial charge in [-0.05, 0) is 30.5 Å². The Morgan fingerprint density at radius 2 is 2.20 bits per heavy atom. The van der Waals surface area contributed by atoms with Crippen LogP contribution in [0.2, 0.25) is 0 Å². The summed E-state index contributed by atoms with van der Waals surface area (Å²) in [7, 11) is 1.71. The highest BCUT2D eigenvalue weighted by Gasteiger charge is 2.36. The Morgan fingerprint density at radius 1 is 1.45 bits per heavy atom. The quantitative estimate of drug-likeness (QED) is 0.862. The van der Waals surface area contributed by atoms with Crippen molar-refractivity contribution in [2.24, 2.45) is 13.0 Å². The molecular formula is C15H14FN3O. The number of ether oxygens (including phenoxy) is 1. The van der Waals surface area contributed by atoms with Gasteiger partial charge in [-0.3, -0.25) is 4.68 Å². The maximum Gasteiger partial charge on any atom is 0.138 e. The highest BCUT2D eigenvalue weighted by Crippen LogP contribution is 2.38. The van der Waals surface area contributed by atoms with E-state index in [-0.39, 0.29) is 17.2 Å². The van der Waals surface area contributed by atoms with E-state index in [0.717, 1.165) is 6.42 Å². The first-order valence-corrected chi connectivity index (χ1v) is 6.49. The maximum absolute atomic E-state index is 14.1. The number of nitriles is 1. The van der Waals surface area contributed by atoms with Gasteiger partial charge in [-0.25, -0.2) is 4.39 Å². The second-order valence-corrected chi connectivity index (χ2v) is 5.12. The zero-order valence-electron chi connectivity index (χ0n) is 11.3. The second kappa shape index (κ2) is 4.64. The molecule has 5 heteroatoms. The molecule has 1 aliphatic carbocycles. The minimum atomic E-state index is -0.443. The summed E-state index contributed by atoms with van der Waals surface area (Å²) in [4.78, 5) is 0. The number of hydrogen-bond donors (Lipinski definition) is 0. The Kier molecular flexibility index (Phi) is 2.94. The predicted molar refractivity (Wildman–Crippen MR) is 71.5 cm³/mol. The average molecular weight is 271 g/mol. The number of halogens is 1. The number of aryl methyl sites for hydroxylation is 1. The molecule has 0 spiro atoms. The van der Waals surface area contributed by atoms with Gasteiger partial charge in [0.05, 0.1) is 11.3 Å². The molecule has 2 aromatic rings. The van der Waals surface area contributed by atoms with Gasteiger partial charge < -0.3 is 4.74 Å². The molecule has 0 bridgehead atoms. The van der Waals surface area contributed by atoms with Gasteiger partial charge in [0, 0.05) is 13.2 Å². The van der Waals surface area contributed by atoms with E-state index in [0.29, 0.717) is 17.4 Å². The normalized spacial score (nSPS) is 20.5. The van der Waals surface area contributed by atoms with Crippen molar-refractivity contribution < 1.29 is 9.13 Å². The van der Waals surface area contributed by atoms with Gasteiger partial charge in [0.25, 0.3) is 0 Å². The lowest BCUT2D eigenvalue weighted by molar-refractivity contribution is 0.287. The zero-order valence-corrected chi connectivity index (χ0v) is 11.3. The summed E-state index contributed by atoms with van der Waals surface area (Å²) in [5.41, 5.74) is 1.04. The van der Waals surface area contributed by atoms with Crippen molar-refractivity contribution in [1.29, 1.82) is 5.26 Å². The van der Waals surface area contributed by atoms with E-state index < -0.39 is 5.82 Å². The van der Waals surface area contributed by atoms with Crippen molar-refractivity contribution in [3.63, 3.8) is 0 Å². The van der Waals surface area contributed by atoms with E-state index in [1.54, 1.807) is 24.0 Å². The molecule has 2 atom stereocenters. The molecule has 1 heterocycles. The summed E-state index contributed by atoms with van der Waals surface area (Å²) in [5.74, 6) is 0.493. The Morgan fingerprint density at radius 3 is 2.75 bits per heavy atom. The lowest BCUT2D eigenvalue weighted by atomic mass is 10.0. The number of benzene rings is 1. The first-order chi connectivity index (χ1) is 9.61. The van der Waals surface area contributed by atoms with Gasteiger partial charge >= 0.3 is 0 Å². The van der Waals surface area contributed by atoms with Crippen LogP contribution in [0, 0.1) is 23.1 Å². The van der Waals surface area contributed by atoms with Crippen LogP contribution in [0.25, 0.3) is 11.3 Å². The SMILES string of the molecule is CC1CC1Oc1ccc(F)c(-c2ccnn2C)c1C#N. The largest absolute Gasteiger partial charge is 0.489 e. The number of hydrogen-bond acceptors (Lipinski definition) is 3. The van der Waals surface area contributed by atoms with Crippen LogP contribution in [0.1, 0.15) is 18.9 Å². The molecule has 0 radical (unpaired) electrons. The van der Waals surface area contributed by atoms with Gasteiger partial charge in [-0.1, -0.05) is 6.92 Å². The van der Waals surface area contributed by atoms with Crippen LogP contribution in [-0.4, -0.2) is 15.9 Å². The summed E-state index contributed by atoms with van der Waals surface area (Å²) < 4.78 is 21.5. The molecule has 1 saturated carbocycles. The molecule has 1 fully saturated rings. The van der Waals surface area contributed by atoms with Gasteiger partial charge in [0.2, 0.25) is 0 Å². The van der Waals surface area contributed by atoms with Gasteiger partial charge in [-0.2, -0.15) is 10.4 Å². The molecular weight excluding hydrogens is 257 g/mol. The highest BCUT2D eigenvalue weighted by molar-refractivity contribution is 5.72. The Hall–Kier alpha value is -2.35. The molecule has 4 nitrogen and oxygen atoms in total. The van der Waals surface area contributed by atoms with Gasteiger partial charge in [0.1, 0.15) is 29.3 Å². The van der Waals surface area contributed by atoms with E-state index in [2.05, 4.69) is 18.1 Å². The fourth-order valence-corrected chi connectivity index (χ4v) is 2.25. The lowest BCUT2D eigenvalue weighted by Crippen LogP contribution is -2.04. The molecule has 2 unspecified atom stereocenters. The van der Waals surface area contributed by atoms with Crippen molar-refractivity contribution >= 4 is 0 Å². The molecule has 1 aromatic carbocycles. The van der Waals surface area contributed by atoms with E-state index in [4.69, 9.17) is 4.74 Å². The maximum atomic E-state index is 14.1. The zero-order chi connectivity index (χ0) is 14.3. The van der Waals surface area contributed by atoms with E-state index in [9.17, 15) is 9.65 Å². The van der Waals surface area contributed by atoms with Crippen LogP contribution in [0.3, 0.4) is 0 Å². The van der Waals surface area contributed by atoms with E-state index >= 15 is 0 Å². The first-order valence-electron chi connectivity index (χ1n) is 6.49. The Bertz CT molecular complexity index is 702. The molecule has 0 N–H and O–H groups in total. The first kappa shape index (κ1) is 12.7. The molecule has 0 aliphatic heterocycles. The van der Waals surface area contributed by atoms with Crippen molar-refractivity contribution in [2.45, 2.75) is 19.4 Å². The summed E-state index contributed by atoms with van der Waals surface area (Å²) in [6.45, 7) is 2.09. The van der Waals surface area contributed by atoms with Crippen molar-refractivity contribution in [3.05, 3.63) is 35.8 Å². The topological polar surface area (TPSA) is 50.8 Å². The smallest absolute Gasteiger partial charge is 0.138 e. The third kappa shape index (κ3) is 2.03. The van der Waals surface area contributed by atoms with Crippen molar-refractivity contribution in [2.75, 3.05) is 0 Å². The van der Waals surface area contributed by atoms with E-state index in [1.807, 2.05) is 0 Å². The minimum Gasteiger partial charge on any atom is -0.489 e. The van der Waals surface area contributed by atoms with Crippen LogP contribution in [0.5, 0.6) is 5.75 Å². The van der Waals surface area contributed by atoms with Crippen LogP contribution in [0.4, 0.5) is 4.39 Å².